The van der Waals surface area contributed by atoms with Gasteiger partial charge in [0.15, 0.2) is 11.5 Å². The number of rotatable bonds is 4. The molecule has 0 bridgehead atoms. The Morgan fingerprint density at radius 1 is 0.895 bits per heavy atom. The minimum absolute atomic E-state index is 0.527. The van der Waals surface area contributed by atoms with Gasteiger partial charge in [-0.15, -0.1) is 5.53 Å². The average molecular weight is 276 g/mol. The number of hydrogen-bond donors (Lipinski definition) is 1. The standard InChI is InChI=1S/C12H10O3P.HN3/c13-16(14-11-7-3-1-4-8-11)15-12-9-5-2-6-10-12;1-3-2/h1-10H;1H/q+1;. The summed E-state index contributed by atoms with van der Waals surface area (Å²) in [6.07, 6.45) is 0. The van der Waals surface area contributed by atoms with E-state index in [2.05, 4.69) is 0 Å². The largest absolute Gasteiger partial charge is 0.805 e. The molecular formula is C12H11N3O3P+. The van der Waals surface area contributed by atoms with Crippen LogP contribution in [0.2, 0.25) is 0 Å². The van der Waals surface area contributed by atoms with Gasteiger partial charge in [-0.05, 0) is 34.7 Å². The topological polar surface area (TPSA) is 95.8 Å². The van der Waals surface area contributed by atoms with Gasteiger partial charge in [0.1, 0.15) is 0 Å². The fourth-order valence-corrected chi connectivity index (χ4v) is 1.78. The molecule has 0 saturated heterocycles. The quantitative estimate of drug-likeness (QED) is 0.380. The van der Waals surface area contributed by atoms with E-state index in [1.54, 1.807) is 53.4 Å². The van der Waals surface area contributed by atoms with Gasteiger partial charge in [0, 0.05) is 4.57 Å². The molecule has 19 heavy (non-hydrogen) atoms. The van der Waals surface area contributed by atoms with Crippen molar-refractivity contribution in [3.8, 4) is 11.5 Å². The zero-order chi connectivity index (χ0) is 13.9. The second-order valence-corrected chi connectivity index (χ2v) is 3.94. The lowest BCUT2D eigenvalue weighted by Crippen LogP contribution is -1.87. The Hall–Kier alpha value is -2.55. The van der Waals surface area contributed by atoms with Crippen molar-refractivity contribution in [2.45, 2.75) is 0 Å². The van der Waals surface area contributed by atoms with E-state index in [-0.39, 0.29) is 0 Å². The molecule has 0 aliphatic heterocycles. The Labute approximate surface area is 111 Å². The summed E-state index contributed by atoms with van der Waals surface area (Å²) >= 11 is 0. The van der Waals surface area contributed by atoms with Crippen molar-refractivity contribution < 1.29 is 13.6 Å². The zero-order valence-electron chi connectivity index (χ0n) is 9.84. The molecule has 0 unspecified atom stereocenters. The van der Waals surface area contributed by atoms with E-state index in [0.717, 1.165) is 0 Å². The molecular weight excluding hydrogens is 265 g/mol. The van der Waals surface area contributed by atoms with E-state index in [1.807, 2.05) is 12.1 Å². The number of benzene rings is 2. The van der Waals surface area contributed by atoms with Crippen LogP contribution >= 0.6 is 8.25 Å². The maximum absolute atomic E-state index is 11.5. The Balaban J connectivity index is 0.000000550. The molecule has 0 heterocycles. The molecule has 96 valence electrons. The van der Waals surface area contributed by atoms with Crippen LogP contribution in [-0.4, -0.2) is 0 Å². The first-order chi connectivity index (χ1) is 9.26. The third-order valence-electron chi connectivity index (χ3n) is 1.85. The second kappa shape index (κ2) is 8.53. The third-order valence-corrected chi connectivity index (χ3v) is 2.57. The molecule has 7 heteroatoms. The molecule has 2 aromatic carbocycles. The van der Waals surface area contributed by atoms with Crippen LogP contribution in [0.4, 0.5) is 0 Å². The molecule has 0 aliphatic rings. The van der Waals surface area contributed by atoms with Gasteiger partial charge in [-0.25, -0.2) is 9.05 Å². The van der Waals surface area contributed by atoms with Crippen LogP contribution in [0.3, 0.4) is 0 Å². The van der Waals surface area contributed by atoms with Gasteiger partial charge in [0.05, 0.1) is 0 Å². The van der Waals surface area contributed by atoms with Crippen molar-refractivity contribution in [1.29, 1.82) is 5.53 Å². The normalized spacial score (nSPS) is 8.42. The Kier molecular flexibility index (Phi) is 6.51. The van der Waals surface area contributed by atoms with Crippen LogP contribution in [0.15, 0.2) is 60.7 Å². The molecule has 0 spiro atoms. The van der Waals surface area contributed by atoms with E-state index in [4.69, 9.17) is 20.1 Å². The summed E-state index contributed by atoms with van der Waals surface area (Å²) in [4.78, 5) is 1.75. The van der Waals surface area contributed by atoms with Crippen molar-refractivity contribution in [3.63, 3.8) is 0 Å². The Bertz CT molecular complexity index is 499. The fraction of sp³-hybridized carbons (Fsp3) is 0. The molecule has 1 N–H and O–H groups in total. The lowest BCUT2D eigenvalue weighted by atomic mass is 10.3. The first-order valence-electron chi connectivity index (χ1n) is 5.20. The molecule has 2 rings (SSSR count). The Morgan fingerprint density at radius 2 is 1.21 bits per heavy atom. The van der Waals surface area contributed by atoms with Crippen LogP contribution in [0.25, 0.3) is 10.4 Å². The minimum atomic E-state index is -2.18. The number of nitrogens with one attached hydrogen (secondary N) is 1. The van der Waals surface area contributed by atoms with Gasteiger partial charge < -0.3 is 0 Å². The summed E-state index contributed by atoms with van der Waals surface area (Å²) in [5.41, 5.74) is 12.2. The van der Waals surface area contributed by atoms with Gasteiger partial charge in [0.2, 0.25) is 0 Å². The summed E-state index contributed by atoms with van der Waals surface area (Å²) in [6.45, 7) is 0. The van der Waals surface area contributed by atoms with Crippen molar-refractivity contribution in [2.75, 3.05) is 0 Å². The van der Waals surface area contributed by atoms with E-state index in [0.29, 0.717) is 11.5 Å². The van der Waals surface area contributed by atoms with Crippen LogP contribution in [0.1, 0.15) is 0 Å². The number of nitrogens with zero attached hydrogens (tertiary/aromatic N) is 2. The lowest BCUT2D eigenvalue weighted by molar-refractivity contribution is 0.415. The monoisotopic (exact) mass is 276 g/mol. The lowest BCUT2D eigenvalue weighted by Gasteiger charge is -1.92. The Morgan fingerprint density at radius 3 is 1.53 bits per heavy atom. The maximum Gasteiger partial charge on any atom is 0.805 e. The smallest absolute Gasteiger partial charge is 0.222 e. The summed E-state index contributed by atoms with van der Waals surface area (Å²) in [5.74, 6) is 1.05. The van der Waals surface area contributed by atoms with Gasteiger partial charge in [-0.1, -0.05) is 36.4 Å². The van der Waals surface area contributed by atoms with Crippen LogP contribution in [0, 0.1) is 5.53 Å². The van der Waals surface area contributed by atoms with Crippen molar-refractivity contribution in [3.05, 3.63) is 71.1 Å². The van der Waals surface area contributed by atoms with Crippen LogP contribution < -0.4 is 9.05 Å². The summed E-state index contributed by atoms with van der Waals surface area (Å²) in [5, 5.41) is 0. The summed E-state index contributed by atoms with van der Waals surface area (Å²) in [7, 11) is -2.18. The first kappa shape index (κ1) is 14.5. The summed E-state index contributed by atoms with van der Waals surface area (Å²) < 4.78 is 21.7. The predicted octanol–water partition coefficient (Wildman–Crippen LogP) is 4.68. The van der Waals surface area contributed by atoms with Crippen LogP contribution in [-0.2, 0) is 4.57 Å². The van der Waals surface area contributed by atoms with Gasteiger partial charge in [0.25, 0.3) is 0 Å². The van der Waals surface area contributed by atoms with Crippen molar-refractivity contribution in [1.82, 2.24) is 0 Å². The predicted molar refractivity (Wildman–Crippen MR) is 71.2 cm³/mol. The molecule has 0 fully saturated rings. The molecule has 2 aromatic rings. The van der Waals surface area contributed by atoms with E-state index in [9.17, 15) is 4.57 Å². The van der Waals surface area contributed by atoms with Gasteiger partial charge >= 0.3 is 8.25 Å². The number of para-hydroxylation sites is 2. The van der Waals surface area contributed by atoms with E-state index >= 15 is 0 Å². The van der Waals surface area contributed by atoms with E-state index < -0.39 is 8.25 Å². The molecule has 0 saturated carbocycles. The highest BCUT2D eigenvalue weighted by Crippen LogP contribution is 2.29. The maximum atomic E-state index is 11.5. The molecule has 0 amide bonds. The average Bonchev–Trinajstić information content (AvgIpc) is 2.41. The molecule has 0 aromatic heterocycles. The van der Waals surface area contributed by atoms with Gasteiger partial charge in [-0.2, -0.15) is 0 Å². The van der Waals surface area contributed by atoms with Gasteiger partial charge in [-0.3, -0.25) is 0 Å². The summed E-state index contributed by atoms with van der Waals surface area (Å²) in [6, 6.07) is 17.8. The highest BCUT2D eigenvalue weighted by molar-refractivity contribution is 7.34. The number of hydrogen-bond acceptors (Lipinski definition) is 4. The molecule has 0 aliphatic carbocycles. The molecule has 6 nitrogen and oxygen atoms in total. The fourth-order valence-electron chi connectivity index (χ4n) is 1.15. The highest BCUT2D eigenvalue weighted by Gasteiger charge is 2.23. The third kappa shape index (κ3) is 6.07. The first-order valence-corrected chi connectivity index (χ1v) is 6.30. The second-order valence-electron chi connectivity index (χ2n) is 3.13. The van der Waals surface area contributed by atoms with Crippen molar-refractivity contribution in [2.24, 2.45) is 0 Å². The highest BCUT2D eigenvalue weighted by atomic mass is 31.1. The molecule has 0 atom stereocenters. The SMILES string of the molecule is O=[P+](Oc1ccccc1)Oc1ccccc1.[N-]=[N+]=N. The minimum Gasteiger partial charge on any atom is -0.222 e. The van der Waals surface area contributed by atoms with Crippen molar-refractivity contribution >= 4 is 8.25 Å². The van der Waals surface area contributed by atoms with Crippen LogP contribution in [0.5, 0.6) is 11.5 Å². The molecule has 0 radical (unpaired) electrons. The van der Waals surface area contributed by atoms with E-state index in [1.165, 1.54) is 0 Å². The zero-order valence-corrected chi connectivity index (χ0v) is 10.7.